The van der Waals surface area contributed by atoms with E-state index in [1.54, 1.807) is 12.1 Å². The molecule has 0 unspecified atom stereocenters. The lowest BCUT2D eigenvalue weighted by atomic mass is 9.76. The van der Waals surface area contributed by atoms with Gasteiger partial charge in [-0.15, -0.1) is 0 Å². The minimum atomic E-state index is -3.50. The number of benzene rings is 1. The van der Waals surface area contributed by atoms with E-state index < -0.39 is 10.0 Å². The van der Waals surface area contributed by atoms with Crippen molar-refractivity contribution in [3.8, 4) is 0 Å². The summed E-state index contributed by atoms with van der Waals surface area (Å²) in [5, 5.41) is 0. The lowest BCUT2D eigenvalue weighted by molar-refractivity contribution is 0.0657. The quantitative estimate of drug-likeness (QED) is 0.804. The maximum Gasteiger partial charge on any atom is 0.240 e. The minimum Gasteiger partial charge on any atom is -0.398 e. The third-order valence-corrected chi connectivity index (χ3v) is 5.78. The molecule has 0 atom stereocenters. The molecule has 1 aliphatic carbocycles. The highest BCUT2D eigenvalue weighted by atomic mass is 32.2. The van der Waals surface area contributed by atoms with Gasteiger partial charge in [-0.3, -0.25) is 0 Å². The smallest absolute Gasteiger partial charge is 0.240 e. The number of hydrogen-bond donors (Lipinski definition) is 2. The molecule has 0 spiro atoms. The molecule has 5 nitrogen and oxygen atoms in total. The first-order chi connectivity index (χ1) is 9.27. The number of aryl methyl sites for hydroxylation is 1. The molecule has 1 aromatic rings. The highest BCUT2D eigenvalue weighted by Crippen LogP contribution is 2.35. The third-order valence-electron chi connectivity index (χ3n) is 4.39. The number of rotatable bonds is 5. The van der Waals surface area contributed by atoms with Crippen molar-refractivity contribution in [1.29, 1.82) is 0 Å². The van der Waals surface area contributed by atoms with Gasteiger partial charge in [0.15, 0.2) is 0 Å². The first-order valence-corrected chi connectivity index (χ1v) is 8.28. The van der Waals surface area contributed by atoms with E-state index in [9.17, 15) is 8.42 Å². The van der Waals surface area contributed by atoms with Gasteiger partial charge >= 0.3 is 0 Å². The molecular weight excluding hydrogens is 274 g/mol. The molecule has 0 radical (unpaired) electrons. The van der Waals surface area contributed by atoms with Crippen molar-refractivity contribution >= 4 is 15.7 Å². The Bertz CT molecular complexity index is 592. The van der Waals surface area contributed by atoms with Crippen LogP contribution in [0.3, 0.4) is 0 Å². The summed E-state index contributed by atoms with van der Waals surface area (Å²) in [5.74, 6) is 0. The summed E-state index contributed by atoms with van der Waals surface area (Å²) < 4.78 is 27.4. The minimum absolute atomic E-state index is 0.0384. The maximum atomic E-state index is 12.3. The van der Waals surface area contributed by atoms with Gasteiger partial charge in [0.2, 0.25) is 10.0 Å². The zero-order valence-corrected chi connectivity index (χ0v) is 13.1. The molecule has 0 aromatic heterocycles. The highest BCUT2D eigenvalue weighted by Gasteiger charge is 2.39. The zero-order valence-electron chi connectivity index (χ0n) is 12.3. The normalized spacial score (nSPS) is 18.0. The number of nitrogens with zero attached hydrogens (tertiary/aromatic N) is 1. The first kappa shape index (κ1) is 15.3. The van der Waals surface area contributed by atoms with Gasteiger partial charge in [-0.25, -0.2) is 13.1 Å². The lowest BCUT2D eigenvalue weighted by Gasteiger charge is -2.47. The van der Waals surface area contributed by atoms with Crippen molar-refractivity contribution in [3.63, 3.8) is 0 Å². The van der Waals surface area contributed by atoms with Gasteiger partial charge in [-0.05, 0) is 58.0 Å². The summed E-state index contributed by atoms with van der Waals surface area (Å²) in [6.45, 7) is 2.30. The number of nitrogens with one attached hydrogen (secondary N) is 1. The van der Waals surface area contributed by atoms with Gasteiger partial charge < -0.3 is 10.6 Å². The van der Waals surface area contributed by atoms with Crippen LogP contribution in [0.4, 0.5) is 5.69 Å². The van der Waals surface area contributed by atoms with Gasteiger partial charge in [0.05, 0.1) is 4.90 Å². The van der Waals surface area contributed by atoms with Crippen LogP contribution >= 0.6 is 0 Å². The van der Waals surface area contributed by atoms with Crippen molar-refractivity contribution < 1.29 is 8.42 Å². The summed E-state index contributed by atoms with van der Waals surface area (Å²) in [7, 11) is 0.496. The molecule has 1 saturated carbocycles. The second-order valence-corrected chi connectivity index (χ2v) is 7.58. The van der Waals surface area contributed by atoms with Crippen LogP contribution in [-0.2, 0) is 10.0 Å². The van der Waals surface area contributed by atoms with Gasteiger partial charge in [0, 0.05) is 17.8 Å². The molecule has 1 aliphatic rings. The molecule has 0 aliphatic heterocycles. The van der Waals surface area contributed by atoms with Gasteiger partial charge in [0.1, 0.15) is 0 Å². The first-order valence-electron chi connectivity index (χ1n) is 6.80. The molecule has 1 fully saturated rings. The molecule has 2 rings (SSSR count). The second kappa shape index (κ2) is 5.35. The summed E-state index contributed by atoms with van der Waals surface area (Å²) in [6, 6.07) is 4.84. The Morgan fingerprint density at radius 2 is 2.00 bits per heavy atom. The molecule has 0 saturated heterocycles. The Labute approximate surface area is 121 Å². The van der Waals surface area contributed by atoms with Crippen LogP contribution < -0.4 is 10.5 Å². The molecule has 1 aromatic carbocycles. The molecule has 112 valence electrons. The number of nitrogens with two attached hydrogens (primary N) is 1. The molecule has 0 amide bonds. The molecule has 3 N–H and O–H groups in total. The summed E-state index contributed by atoms with van der Waals surface area (Å²) in [5.41, 5.74) is 7.13. The summed E-state index contributed by atoms with van der Waals surface area (Å²) >= 11 is 0. The van der Waals surface area contributed by atoms with E-state index in [0.717, 1.165) is 24.8 Å². The Kier molecular flexibility index (Phi) is 4.09. The number of anilines is 1. The number of likely N-dealkylation sites (N-methyl/N-ethyl adjacent to an activating group) is 1. The number of sulfonamides is 1. The van der Waals surface area contributed by atoms with Crippen molar-refractivity contribution in [3.05, 3.63) is 23.8 Å². The molecule has 6 heteroatoms. The van der Waals surface area contributed by atoms with E-state index in [2.05, 4.69) is 9.62 Å². The molecule has 0 heterocycles. The van der Waals surface area contributed by atoms with E-state index >= 15 is 0 Å². The van der Waals surface area contributed by atoms with Gasteiger partial charge in [0.25, 0.3) is 0 Å². The largest absolute Gasteiger partial charge is 0.398 e. The standard InChI is InChI=1S/C14H23N3O2S/c1-11-5-6-12(9-13(11)15)20(18,19)16-10-14(17(2)3)7-4-8-14/h5-6,9,16H,4,7-8,10,15H2,1-3H3. The van der Waals surface area contributed by atoms with E-state index in [0.29, 0.717) is 12.2 Å². The average Bonchev–Trinajstić information content (AvgIpc) is 2.30. The van der Waals surface area contributed by atoms with Gasteiger partial charge in [-0.2, -0.15) is 0 Å². The van der Waals surface area contributed by atoms with Crippen LogP contribution in [-0.4, -0.2) is 39.5 Å². The zero-order chi connectivity index (χ0) is 15.0. The third kappa shape index (κ3) is 2.82. The molecule has 20 heavy (non-hydrogen) atoms. The van der Waals surface area contributed by atoms with Crippen LogP contribution in [0.5, 0.6) is 0 Å². The average molecular weight is 297 g/mol. The van der Waals surface area contributed by atoms with Crippen molar-refractivity contribution in [2.75, 3.05) is 26.4 Å². The second-order valence-electron chi connectivity index (χ2n) is 5.82. The van der Waals surface area contributed by atoms with Crippen molar-refractivity contribution in [2.45, 2.75) is 36.6 Å². The van der Waals surface area contributed by atoms with Gasteiger partial charge in [-0.1, -0.05) is 6.07 Å². The topological polar surface area (TPSA) is 75.4 Å². The number of nitrogen functional groups attached to an aromatic ring is 1. The highest BCUT2D eigenvalue weighted by molar-refractivity contribution is 7.89. The van der Waals surface area contributed by atoms with Crippen LogP contribution in [0.25, 0.3) is 0 Å². The fourth-order valence-corrected chi connectivity index (χ4v) is 3.62. The lowest BCUT2D eigenvalue weighted by Crippen LogP contribution is -2.57. The van der Waals surface area contributed by atoms with Crippen molar-refractivity contribution in [1.82, 2.24) is 9.62 Å². The fourth-order valence-electron chi connectivity index (χ4n) is 2.47. The van der Waals surface area contributed by atoms with Crippen molar-refractivity contribution in [2.24, 2.45) is 0 Å². The number of hydrogen-bond acceptors (Lipinski definition) is 4. The van der Waals surface area contributed by atoms with Crippen LogP contribution in [0, 0.1) is 6.92 Å². The van der Waals surface area contributed by atoms with E-state index in [4.69, 9.17) is 5.73 Å². The fraction of sp³-hybridized carbons (Fsp3) is 0.571. The molecular formula is C14H23N3O2S. The monoisotopic (exact) mass is 297 g/mol. The van der Waals surface area contributed by atoms with Crippen LogP contribution in [0.1, 0.15) is 24.8 Å². The van der Waals surface area contributed by atoms with E-state index in [1.807, 2.05) is 21.0 Å². The summed E-state index contributed by atoms with van der Waals surface area (Å²) in [4.78, 5) is 2.34. The Morgan fingerprint density at radius 1 is 1.35 bits per heavy atom. The SMILES string of the molecule is Cc1ccc(S(=O)(=O)NCC2(N(C)C)CCC2)cc1N. The predicted octanol–water partition coefficient (Wildman–Crippen LogP) is 1.34. The van der Waals surface area contributed by atoms with Crippen LogP contribution in [0.15, 0.2) is 23.1 Å². The predicted molar refractivity (Wildman–Crippen MR) is 81.0 cm³/mol. The Hall–Kier alpha value is -1.11. The Morgan fingerprint density at radius 3 is 2.45 bits per heavy atom. The Balaban J connectivity index is 2.13. The maximum absolute atomic E-state index is 12.3. The summed E-state index contributed by atoms with van der Waals surface area (Å²) in [6.07, 6.45) is 3.20. The van der Waals surface area contributed by atoms with E-state index in [-0.39, 0.29) is 10.4 Å². The van der Waals surface area contributed by atoms with E-state index in [1.165, 1.54) is 6.07 Å². The van der Waals surface area contributed by atoms with Crippen LogP contribution in [0.2, 0.25) is 0 Å². The molecule has 0 bridgehead atoms.